The first-order chi connectivity index (χ1) is 7.64. The van der Waals surface area contributed by atoms with E-state index in [1.807, 2.05) is 0 Å². The van der Waals surface area contributed by atoms with E-state index in [0.717, 1.165) is 25.7 Å². The molecule has 0 aromatic heterocycles. The molecular formula is C10H17N3O2S. The molecule has 0 amide bonds. The molecule has 0 bridgehead atoms. The highest BCUT2D eigenvalue weighted by Crippen LogP contribution is 2.22. The first-order valence-electron chi connectivity index (χ1n) is 5.79. The molecule has 2 aliphatic rings. The summed E-state index contributed by atoms with van der Waals surface area (Å²) in [6, 6.07) is 2.17. The van der Waals surface area contributed by atoms with E-state index in [2.05, 4.69) is 6.07 Å². The maximum absolute atomic E-state index is 12.2. The lowest BCUT2D eigenvalue weighted by Gasteiger charge is -2.31. The fourth-order valence-electron chi connectivity index (χ4n) is 2.34. The number of hydrogen-bond acceptors (Lipinski definition) is 3. The minimum absolute atomic E-state index is 0.133. The Hall–Kier alpha value is -0.640. The van der Waals surface area contributed by atoms with Crippen molar-refractivity contribution < 1.29 is 8.42 Å². The Morgan fingerprint density at radius 1 is 1.06 bits per heavy atom. The van der Waals surface area contributed by atoms with Crippen molar-refractivity contribution in [1.29, 1.82) is 5.26 Å². The van der Waals surface area contributed by atoms with Crippen molar-refractivity contribution in [1.82, 2.24) is 8.61 Å². The highest BCUT2D eigenvalue weighted by molar-refractivity contribution is 7.86. The van der Waals surface area contributed by atoms with Crippen molar-refractivity contribution in [2.45, 2.75) is 25.7 Å². The summed E-state index contributed by atoms with van der Waals surface area (Å²) < 4.78 is 27.4. The second-order valence-electron chi connectivity index (χ2n) is 4.44. The van der Waals surface area contributed by atoms with Crippen LogP contribution in [0.4, 0.5) is 0 Å². The van der Waals surface area contributed by atoms with Crippen molar-refractivity contribution >= 4 is 10.2 Å². The van der Waals surface area contributed by atoms with Crippen LogP contribution in [0.5, 0.6) is 0 Å². The molecule has 6 heteroatoms. The van der Waals surface area contributed by atoms with Crippen LogP contribution in [-0.2, 0) is 10.2 Å². The minimum Gasteiger partial charge on any atom is -0.198 e. The predicted octanol–water partition coefficient (Wildman–Crippen LogP) is 0.563. The van der Waals surface area contributed by atoms with Crippen LogP contribution in [0.1, 0.15) is 25.7 Å². The number of hydrogen-bond donors (Lipinski definition) is 0. The zero-order valence-corrected chi connectivity index (χ0v) is 10.1. The van der Waals surface area contributed by atoms with Crippen molar-refractivity contribution in [2.24, 2.45) is 5.92 Å². The van der Waals surface area contributed by atoms with Gasteiger partial charge >= 0.3 is 0 Å². The van der Waals surface area contributed by atoms with Gasteiger partial charge in [0.05, 0.1) is 12.0 Å². The number of rotatable bonds is 2. The Labute approximate surface area is 96.8 Å². The van der Waals surface area contributed by atoms with Crippen LogP contribution in [0, 0.1) is 17.2 Å². The lowest BCUT2D eigenvalue weighted by Crippen LogP contribution is -2.46. The fraction of sp³-hybridized carbons (Fsp3) is 0.900. The zero-order valence-electron chi connectivity index (χ0n) is 9.30. The monoisotopic (exact) mass is 243 g/mol. The Morgan fingerprint density at radius 3 is 2.31 bits per heavy atom. The van der Waals surface area contributed by atoms with Crippen molar-refractivity contribution in [3.63, 3.8) is 0 Å². The van der Waals surface area contributed by atoms with Gasteiger partial charge in [0, 0.05) is 26.2 Å². The van der Waals surface area contributed by atoms with Gasteiger partial charge in [-0.1, -0.05) is 0 Å². The van der Waals surface area contributed by atoms with Crippen molar-refractivity contribution in [3.05, 3.63) is 0 Å². The summed E-state index contributed by atoms with van der Waals surface area (Å²) in [5.74, 6) is -0.133. The molecule has 2 saturated heterocycles. The molecule has 1 unspecified atom stereocenters. The third-order valence-electron chi connectivity index (χ3n) is 3.28. The third-order valence-corrected chi connectivity index (χ3v) is 5.29. The van der Waals surface area contributed by atoms with Gasteiger partial charge in [0.1, 0.15) is 0 Å². The van der Waals surface area contributed by atoms with Gasteiger partial charge in [-0.2, -0.15) is 22.3 Å². The number of piperidine rings is 1. The first-order valence-corrected chi connectivity index (χ1v) is 7.19. The average Bonchev–Trinajstić information content (AvgIpc) is 2.83. The Balaban J connectivity index is 2.08. The molecule has 0 N–H and O–H groups in total. The van der Waals surface area contributed by atoms with Gasteiger partial charge in [0.15, 0.2) is 0 Å². The maximum Gasteiger partial charge on any atom is 0.282 e. The molecule has 2 aliphatic heterocycles. The molecular weight excluding hydrogens is 226 g/mol. The standard InChI is InChI=1S/C10H17N3O2S/c11-8-10-4-3-7-13(9-10)16(14,15)12-5-1-2-6-12/h10H,1-7,9H2. The summed E-state index contributed by atoms with van der Waals surface area (Å²) in [6.45, 7) is 2.21. The first kappa shape index (κ1) is 11.8. The summed E-state index contributed by atoms with van der Waals surface area (Å²) in [7, 11) is -3.29. The van der Waals surface area contributed by atoms with Crippen LogP contribution in [0.15, 0.2) is 0 Å². The summed E-state index contributed by atoms with van der Waals surface area (Å²) in [5.41, 5.74) is 0. The van der Waals surface area contributed by atoms with Crippen LogP contribution in [0.2, 0.25) is 0 Å². The summed E-state index contributed by atoms with van der Waals surface area (Å²) in [4.78, 5) is 0. The summed E-state index contributed by atoms with van der Waals surface area (Å²) in [5, 5.41) is 8.85. The van der Waals surface area contributed by atoms with Crippen LogP contribution < -0.4 is 0 Å². The number of nitrogens with zero attached hydrogens (tertiary/aromatic N) is 3. The molecule has 2 rings (SSSR count). The van der Waals surface area contributed by atoms with Gasteiger partial charge in [-0.15, -0.1) is 0 Å². The van der Waals surface area contributed by atoms with E-state index < -0.39 is 10.2 Å². The van der Waals surface area contributed by atoms with E-state index >= 15 is 0 Å². The molecule has 2 fully saturated rings. The predicted molar refractivity (Wildman–Crippen MR) is 59.6 cm³/mol. The van der Waals surface area contributed by atoms with Gasteiger partial charge in [-0.05, 0) is 25.7 Å². The molecule has 0 spiro atoms. The third kappa shape index (κ3) is 2.21. The minimum atomic E-state index is -3.29. The van der Waals surface area contributed by atoms with Crippen LogP contribution >= 0.6 is 0 Å². The molecule has 2 heterocycles. The zero-order chi connectivity index (χ0) is 11.6. The fourth-order valence-corrected chi connectivity index (χ4v) is 4.11. The van der Waals surface area contributed by atoms with E-state index in [1.54, 1.807) is 4.31 Å². The molecule has 1 atom stereocenters. The molecule has 0 saturated carbocycles. The Morgan fingerprint density at radius 2 is 1.69 bits per heavy atom. The van der Waals surface area contributed by atoms with Crippen molar-refractivity contribution in [2.75, 3.05) is 26.2 Å². The largest absolute Gasteiger partial charge is 0.282 e. The van der Waals surface area contributed by atoms with Gasteiger partial charge in [-0.25, -0.2) is 0 Å². The van der Waals surface area contributed by atoms with Crippen LogP contribution in [0.25, 0.3) is 0 Å². The SMILES string of the molecule is N#CC1CCCN(S(=O)(=O)N2CCCC2)C1. The van der Waals surface area contributed by atoms with Crippen LogP contribution in [-0.4, -0.2) is 43.2 Å². The topological polar surface area (TPSA) is 64.4 Å². The maximum atomic E-state index is 12.2. The highest BCUT2D eigenvalue weighted by atomic mass is 32.2. The normalized spacial score (nSPS) is 29.1. The number of nitriles is 1. The molecule has 0 aromatic rings. The molecule has 0 aromatic carbocycles. The smallest absolute Gasteiger partial charge is 0.198 e. The molecule has 90 valence electrons. The van der Waals surface area contributed by atoms with Gasteiger partial charge in [-0.3, -0.25) is 0 Å². The van der Waals surface area contributed by atoms with Gasteiger partial charge in [0.2, 0.25) is 0 Å². The highest BCUT2D eigenvalue weighted by Gasteiger charge is 2.34. The average molecular weight is 243 g/mol. The molecule has 16 heavy (non-hydrogen) atoms. The Kier molecular flexibility index (Phi) is 3.47. The molecule has 0 aliphatic carbocycles. The molecule has 0 radical (unpaired) electrons. The van der Waals surface area contributed by atoms with E-state index in [9.17, 15) is 8.42 Å². The van der Waals surface area contributed by atoms with Crippen molar-refractivity contribution in [3.8, 4) is 6.07 Å². The quantitative estimate of drug-likeness (QED) is 0.712. The van der Waals surface area contributed by atoms with E-state index in [4.69, 9.17) is 5.26 Å². The van der Waals surface area contributed by atoms with Gasteiger partial charge < -0.3 is 0 Å². The lowest BCUT2D eigenvalue weighted by atomic mass is 10.0. The van der Waals surface area contributed by atoms with Gasteiger partial charge in [0.25, 0.3) is 10.2 Å². The second-order valence-corrected chi connectivity index (χ2v) is 6.37. The molecule has 5 nitrogen and oxygen atoms in total. The lowest BCUT2D eigenvalue weighted by molar-refractivity contribution is 0.283. The van der Waals surface area contributed by atoms with E-state index in [-0.39, 0.29) is 5.92 Å². The van der Waals surface area contributed by atoms with Crippen LogP contribution in [0.3, 0.4) is 0 Å². The Bertz CT molecular complexity index is 381. The van der Waals surface area contributed by atoms with E-state index in [0.29, 0.717) is 26.2 Å². The summed E-state index contributed by atoms with van der Waals surface area (Å²) in [6.07, 6.45) is 3.53. The second kappa shape index (κ2) is 4.70. The summed E-state index contributed by atoms with van der Waals surface area (Å²) >= 11 is 0. The van der Waals surface area contributed by atoms with E-state index in [1.165, 1.54) is 4.31 Å².